The maximum Gasteiger partial charge on any atom is 0.111 e. The van der Waals surface area contributed by atoms with Gasteiger partial charge in [0.2, 0.25) is 0 Å². The maximum atomic E-state index is 6.33. The van der Waals surface area contributed by atoms with E-state index in [-0.39, 0.29) is 6.04 Å². The van der Waals surface area contributed by atoms with E-state index in [1.807, 2.05) is 29.9 Å². The van der Waals surface area contributed by atoms with Crippen LogP contribution in [0.3, 0.4) is 0 Å². The molecule has 2 heterocycles. The number of hydrogen-bond acceptors (Lipinski definition) is 4. The van der Waals surface area contributed by atoms with Gasteiger partial charge >= 0.3 is 0 Å². The first-order chi connectivity index (χ1) is 9.67. The van der Waals surface area contributed by atoms with Crippen LogP contribution in [0, 0.1) is 0 Å². The monoisotopic (exact) mass is 286 g/mol. The SMILES string of the molecule is CCc1nn(C)cc1CC(N)c1nc2ccccc2s1. The fourth-order valence-electron chi connectivity index (χ4n) is 2.42. The normalized spacial score (nSPS) is 12.9. The summed E-state index contributed by atoms with van der Waals surface area (Å²) < 4.78 is 3.05. The number of thiazole rings is 1. The standard InChI is InChI=1S/C15H18N4S/c1-3-12-10(9-19(2)18-12)8-11(16)15-17-13-6-4-5-7-14(13)20-15/h4-7,9,11H,3,8,16H2,1-2H3. The molecule has 0 radical (unpaired) electrons. The Balaban J connectivity index is 1.86. The van der Waals surface area contributed by atoms with Crippen molar-refractivity contribution in [1.29, 1.82) is 0 Å². The number of aryl methyl sites for hydroxylation is 2. The molecule has 3 rings (SSSR count). The molecule has 0 aliphatic rings. The van der Waals surface area contributed by atoms with E-state index in [1.165, 1.54) is 10.3 Å². The van der Waals surface area contributed by atoms with Crippen LogP contribution in [0.2, 0.25) is 0 Å². The van der Waals surface area contributed by atoms with E-state index in [0.717, 1.165) is 29.1 Å². The van der Waals surface area contributed by atoms with Gasteiger partial charge in [-0.25, -0.2) is 4.98 Å². The third kappa shape index (κ3) is 2.46. The van der Waals surface area contributed by atoms with Crippen molar-refractivity contribution in [2.24, 2.45) is 12.8 Å². The molecule has 2 N–H and O–H groups in total. The van der Waals surface area contributed by atoms with Crippen LogP contribution >= 0.6 is 11.3 Å². The topological polar surface area (TPSA) is 56.7 Å². The lowest BCUT2D eigenvalue weighted by Crippen LogP contribution is -2.13. The molecular weight excluding hydrogens is 268 g/mol. The number of benzene rings is 1. The zero-order valence-corrected chi connectivity index (χ0v) is 12.5. The predicted octanol–water partition coefficient (Wildman–Crippen LogP) is 2.83. The molecule has 0 amide bonds. The second kappa shape index (κ2) is 5.34. The molecule has 0 spiro atoms. The van der Waals surface area contributed by atoms with Crippen molar-refractivity contribution in [2.75, 3.05) is 0 Å². The minimum absolute atomic E-state index is 0.0677. The number of nitrogens with two attached hydrogens (primary N) is 1. The second-order valence-electron chi connectivity index (χ2n) is 4.96. The van der Waals surface area contributed by atoms with Gasteiger partial charge in [0.25, 0.3) is 0 Å². The van der Waals surface area contributed by atoms with Crippen molar-refractivity contribution in [3.8, 4) is 0 Å². The van der Waals surface area contributed by atoms with Crippen molar-refractivity contribution in [2.45, 2.75) is 25.8 Å². The molecule has 4 nitrogen and oxygen atoms in total. The second-order valence-corrected chi connectivity index (χ2v) is 6.02. The summed E-state index contributed by atoms with van der Waals surface area (Å²) in [6.07, 6.45) is 3.78. The highest BCUT2D eigenvalue weighted by Crippen LogP contribution is 2.27. The third-order valence-corrected chi connectivity index (χ3v) is 4.56. The molecule has 2 aromatic heterocycles. The summed E-state index contributed by atoms with van der Waals surface area (Å²) in [5.41, 5.74) is 9.72. The van der Waals surface area contributed by atoms with E-state index in [0.29, 0.717) is 0 Å². The summed E-state index contributed by atoms with van der Waals surface area (Å²) in [6, 6.07) is 8.09. The Labute approximate surface area is 122 Å². The zero-order valence-electron chi connectivity index (χ0n) is 11.7. The number of rotatable bonds is 4. The largest absolute Gasteiger partial charge is 0.322 e. The quantitative estimate of drug-likeness (QED) is 0.802. The molecule has 3 aromatic rings. The molecule has 104 valence electrons. The fraction of sp³-hybridized carbons (Fsp3) is 0.333. The Morgan fingerprint density at radius 3 is 2.90 bits per heavy atom. The Bertz CT molecular complexity index is 695. The number of hydrogen-bond donors (Lipinski definition) is 1. The highest BCUT2D eigenvalue weighted by Gasteiger charge is 2.15. The number of fused-ring (bicyclic) bond motifs is 1. The van der Waals surface area contributed by atoms with Crippen LogP contribution in [0.1, 0.15) is 29.2 Å². The van der Waals surface area contributed by atoms with Gasteiger partial charge in [-0.1, -0.05) is 19.1 Å². The Morgan fingerprint density at radius 1 is 1.35 bits per heavy atom. The molecule has 0 saturated carbocycles. The number of nitrogens with zero attached hydrogens (tertiary/aromatic N) is 3. The van der Waals surface area contributed by atoms with Crippen LogP contribution < -0.4 is 5.73 Å². The molecule has 0 aliphatic carbocycles. The van der Waals surface area contributed by atoms with Crippen molar-refractivity contribution in [3.05, 3.63) is 46.7 Å². The summed E-state index contributed by atoms with van der Waals surface area (Å²) in [5.74, 6) is 0. The van der Waals surface area contributed by atoms with E-state index in [4.69, 9.17) is 5.73 Å². The summed E-state index contributed by atoms with van der Waals surface area (Å²) in [5, 5.41) is 5.46. The van der Waals surface area contributed by atoms with Gasteiger partial charge in [0.1, 0.15) is 5.01 Å². The lowest BCUT2D eigenvalue weighted by atomic mass is 10.1. The third-order valence-electron chi connectivity index (χ3n) is 3.39. The Kier molecular flexibility index (Phi) is 3.54. The van der Waals surface area contributed by atoms with Crippen LogP contribution in [0.15, 0.2) is 30.5 Å². The first-order valence-corrected chi connectivity index (χ1v) is 7.61. The summed E-state index contributed by atoms with van der Waals surface area (Å²) in [7, 11) is 1.95. The number of para-hydroxylation sites is 1. The molecule has 20 heavy (non-hydrogen) atoms. The minimum atomic E-state index is -0.0677. The Hall–Kier alpha value is -1.72. The van der Waals surface area contributed by atoms with E-state index in [2.05, 4.69) is 29.3 Å². The Morgan fingerprint density at radius 2 is 2.15 bits per heavy atom. The van der Waals surface area contributed by atoms with Crippen LogP contribution in [0.25, 0.3) is 10.2 Å². The van der Waals surface area contributed by atoms with Gasteiger partial charge in [-0.2, -0.15) is 5.10 Å². The average molecular weight is 286 g/mol. The van der Waals surface area contributed by atoms with Gasteiger partial charge in [0, 0.05) is 13.2 Å². The van der Waals surface area contributed by atoms with Gasteiger partial charge in [-0.05, 0) is 30.5 Å². The molecular formula is C15H18N4S. The van der Waals surface area contributed by atoms with E-state index >= 15 is 0 Å². The van der Waals surface area contributed by atoms with Gasteiger partial charge in [0.05, 0.1) is 22.0 Å². The molecule has 0 saturated heterocycles. The summed E-state index contributed by atoms with van der Waals surface area (Å²) >= 11 is 1.68. The maximum absolute atomic E-state index is 6.33. The van der Waals surface area contributed by atoms with Crippen molar-refractivity contribution in [1.82, 2.24) is 14.8 Å². The summed E-state index contributed by atoms with van der Waals surface area (Å²) in [4.78, 5) is 4.64. The average Bonchev–Trinajstić information content (AvgIpc) is 3.01. The first kappa shape index (κ1) is 13.3. The van der Waals surface area contributed by atoms with Crippen molar-refractivity contribution < 1.29 is 0 Å². The van der Waals surface area contributed by atoms with Gasteiger partial charge in [0.15, 0.2) is 0 Å². The first-order valence-electron chi connectivity index (χ1n) is 6.79. The van der Waals surface area contributed by atoms with Crippen LogP contribution in [-0.4, -0.2) is 14.8 Å². The minimum Gasteiger partial charge on any atom is -0.322 e. The highest BCUT2D eigenvalue weighted by atomic mass is 32.1. The number of aromatic nitrogens is 3. The molecule has 5 heteroatoms. The zero-order chi connectivity index (χ0) is 14.1. The smallest absolute Gasteiger partial charge is 0.111 e. The predicted molar refractivity (Wildman–Crippen MR) is 82.8 cm³/mol. The van der Waals surface area contributed by atoms with Gasteiger partial charge in [-0.3, -0.25) is 4.68 Å². The molecule has 1 atom stereocenters. The van der Waals surface area contributed by atoms with Crippen molar-refractivity contribution in [3.63, 3.8) is 0 Å². The van der Waals surface area contributed by atoms with Crippen LogP contribution in [0.5, 0.6) is 0 Å². The molecule has 1 aromatic carbocycles. The van der Waals surface area contributed by atoms with E-state index in [1.54, 1.807) is 11.3 Å². The van der Waals surface area contributed by atoms with Crippen molar-refractivity contribution >= 4 is 21.6 Å². The summed E-state index contributed by atoms with van der Waals surface area (Å²) in [6.45, 7) is 2.12. The molecule has 0 fully saturated rings. The fourth-order valence-corrected chi connectivity index (χ4v) is 3.39. The van der Waals surface area contributed by atoms with E-state index < -0.39 is 0 Å². The molecule has 1 unspecified atom stereocenters. The highest BCUT2D eigenvalue weighted by molar-refractivity contribution is 7.18. The lowest BCUT2D eigenvalue weighted by molar-refractivity contribution is 0.711. The van der Waals surface area contributed by atoms with Crippen LogP contribution in [0.4, 0.5) is 0 Å². The molecule has 0 aliphatic heterocycles. The van der Waals surface area contributed by atoms with Gasteiger partial charge in [-0.15, -0.1) is 11.3 Å². The van der Waals surface area contributed by atoms with Crippen LogP contribution in [-0.2, 0) is 19.9 Å². The lowest BCUT2D eigenvalue weighted by Gasteiger charge is -2.07. The molecule has 0 bridgehead atoms. The van der Waals surface area contributed by atoms with E-state index in [9.17, 15) is 0 Å². The van der Waals surface area contributed by atoms with Gasteiger partial charge < -0.3 is 5.73 Å².